The van der Waals surface area contributed by atoms with Crippen LogP contribution in [-0.2, 0) is 9.53 Å². The number of ketones is 1. The minimum absolute atomic E-state index is 0.0532. The molecule has 1 aliphatic heterocycles. The summed E-state index contributed by atoms with van der Waals surface area (Å²) in [6.07, 6.45) is 5.35. The zero-order chi connectivity index (χ0) is 8.97. The number of ether oxygens (including phenoxy) is 1. The lowest BCUT2D eigenvalue weighted by molar-refractivity contribution is -0.115. The molecule has 0 fully saturated rings. The van der Waals surface area contributed by atoms with E-state index in [0.29, 0.717) is 12.4 Å². The second kappa shape index (κ2) is 4.10. The van der Waals surface area contributed by atoms with Crippen LogP contribution in [0.1, 0.15) is 26.7 Å². The van der Waals surface area contributed by atoms with E-state index in [1.165, 1.54) is 0 Å². The Kier molecular flexibility index (Phi) is 3.09. The van der Waals surface area contributed by atoms with E-state index in [-0.39, 0.29) is 5.78 Å². The van der Waals surface area contributed by atoms with Gasteiger partial charge in [0.15, 0.2) is 5.76 Å². The van der Waals surface area contributed by atoms with Gasteiger partial charge in [-0.1, -0.05) is 13.0 Å². The summed E-state index contributed by atoms with van der Waals surface area (Å²) in [6.45, 7) is 4.51. The summed E-state index contributed by atoms with van der Waals surface area (Å²) in [7, 11) is 0. The first-order chi connectivity index (χ1) is 5.79. The van der Waals surface area contributed by atoms with Crippen LogP contribution in [0.25, 0.3) is 0 Å². The van der Waals surface area contributed by atoms with Gasteiger partial charge in [-0.15, -0.1) is 0 Å². The zero-order valence-electron chi connectivity index (χ0n) is 7.59. The van der Waals surface area contributed by atoms with Crippen molar-refractivity contribution < 1.29 is 9.53 Å². The Morgan fingerprint density at radius 2 is 2.50 bits per heavy atom. The van der Waals surface area contributed by atoms with E-state index in [9.17, 15) is 4.79 Å². The van der Waals surface area contributed by atoms with Crippen molar-refractivity contribution in [2.75, 3.05) is 6.61 Å². The number of allylic oxidation sites excluding steroid dienone is 2. The third-order valence-electron chi connectivity index (χ3n) is 1.95. The topological polar surface area (TPSA) is 26.3 Å². The molecule has 0 amide bonds. The summed E-state index contributed by atoms with van der Waals surface area (Å²) in [4.78, 5) is 11.5. The monoisotopic (exact) mass is 166 g/mol. The quantitative estimate of drug-likeness (QED) is 0.601. The first-order valence-corrected chi connectivity index (χ1v) is 4.32. The first-order valence-electron chi connectivity index (χ1n) is 4.32. The van der Waals surface area contributed by atoms with Gasteiger partial charge >= 0.3 is 0 Å². The van der Waals surface area contributed by atoms with E-state index in [2.05, 4.69) is 0 Å². The molecule has 0 radical (unpaired) electrons. The van der Waals surface area contributed by atoms with Crippen molar-refractivity contribution in [2.45, 2.75) is 26.7 Å². The average Bonchev–Trinajstić information content (AvgIpc) is 2.58. The van der Waals surface area contributed by atoms with Gasteiger partial charge in [-0.3, -0.25) is 4.79 Å². The van der Waals surface area contributed by atoms with Gasteiger partial charge in [-0.2, -0.15) is 0 Å². The van der Waals surface area contributed by atoms with Crippen LogP contribution in [0.3, 0.4) is 0 Å². The minimum atomic E-state index is 0.0532. The van der Waals surface area contributed by atoms with Crippen LogP contribution in [0.4, 0.5) is 0 Å². The highest BCUT2D eigenvalue weighted by atomic mass is 16.5. The van der Waals surface area contributed by atoms with Crippen molar-refractivity contribution >= 4 is 5.78 Å². The summed E-state index contributed by atoms with van der Waals surface area (Å²) >= 11 is 0. The Labute approximate surface area is 72.9 Å². The third kappa shape index (κ3) is 1.76. The molecule has 0 aromatic heterocycles. The molecule has 0 saturated heterocycles. The molecule has 0 N–H and O–H groups in total. The lowest BCUT2D eigenvalue weighted by atomic mass is 10.1. The fraction of sp³-hybridized carbons (Fsp3) is 0.500. The molecule has 1 rings (SSSR count). The fourth-order valence-corrected chi connectivity index (χ4v) is 1.23. The smallest absolute Gasteiger partial charge is 0.222 e. The third-order valence-corrected chi connectivity index (χ3v) is 1.95. The predicted octanol–water partition coefficient (Wildman–Crippen LogP) is 2.22. The van der Waals surface area contributed by atoms with Gasteiger partial charge in [-0.05, 0) is 25.0 Å². The Bertz CT molecular complexity index is 232. The minimum Gasteiger partial charge on any atom is -0.489 e. The Hall–Kier alpha value is -1.05. The molecular weight excluding hydrogens is 152 g/mol. The molecule has 0 spiro atoms. The van der Waals surface area contributed by atoms with Crippen molar-refractivity contribution in [3.63, 3.8) is 0 Å². The molecule has 0 aliphatic carbocycles. The number of hydrogen-bond acceptors (Lipinski definition) is 2. The summed E-state index contributed by atoms with van der Waals surface area (Å²) < 4.78 is 5.17. The Balaban J connectivity index is 2.69. The van der Waals surface area contributed by atoms with E-state index in [0.717, 1.165) is 18.4 Å². The van der Waals surface area contributed by atoms with Crippen LogP contribution in [0.5, 0.6) is 0 Å². The number of carbonyl (C=O) groups excluding carboxylic acids is 1. The fourth-order valence-electron chi connectivity index (χ4n) is 1.23. The second-order valence-corrected chi connectivity index (χ2v) is 2.70. The van der Waals surface area contributed by atoms with Crippen LogP contribution < -0.4 is 0 Å². The SMILES string of the molecule is CC=C(CC)C(=O)C1=CCCO1. The largest absolute Gasteiger partial charge is 0.489 e. The molecule has 0 unspecified atom stereocenters. The van der Waals surface area contributed by atoms with Crippen molar-refractivity contribution in [3.05, 3.63) is 23.5 Å². The molecule has 0 aromatic rings. The summed E-state index contributed by atoms with van der Waals surface area (Å²) in [5.41, 5.74) is 0.836. The lowest BCUT2D eigenvalue weighted by Gasteiger charge is -2.03. The van der Waals surface area contributed by atoms with Gasteiger partial charge in [0.2, 0.25) is 5.78 Å². The normalized spacial score (nSPS) is 17.2. The Morgan fingerprint density at radius 3 is 2.92 bits per heavy atom. The summed E-state index contributed by atoms with van der Waals surface area (Å²) in [6, 6.07) is 0. The van der Waals surface area contributed by atoms with Gasteiger partial charge in [0, 0.05) is 6.42 Å². The van der Waals surface area contributed by atoms with Crippen molar-refractivity contribution in [3.8, 4) is 0 Å². The van der Waals surface area contributed by atoms with E-state index in [4.69, 9.17) is 4.74 Å². The highest BCUT2D eigenvalue weighted by molar-refractivity contribution is 6.06. The summed E-state index contributed by atoms with van der Waals surface area (Å²) in [5, 5.41) is 0. The standard InChI is InChI=1S/C10H14O2/c1-3-8(4-2)10(11)9-6-5-7-12-9/h3,6H,4-5,7H2,1-2H3. The van der Waals surface area contributed by atoms with Gasteiger partial charge in [0.05, 0.1) is 6.61 Å². The second-order valence-electron chi connectivity index (χ2n) is 2.70. The Morgan fingerprint density at radius 1 is 1.75 bits per heavy atom. The first kappa shape index (κ1) is 9.04. The van der Waals surface area contributed by atoms with Crippen LogP contribution in [0.15, 0.2) is 23.5 Å². The van der Waals surface area contributed by atoms with E-state index in [1.54, 1.807) is 0 Å². The molecule has 66 valence electrons. The predicted molar refractivity (Wildman–Crippen MR) is 47.7 cm³/mol. The highest BCUT2D eigenvalue weighted by Gasteiger charge is 2.16. The molecular formula is C10H14O2. The number of rotatable bonds is 3. The lowest BCUT2D eigenvalue weighted by Crippen LogP contribution is -2.05. The van der Waals surface area contributed by atoms with E-state index >= 15 is 0 Å². The average molecular weight is 166 g/mol. The number of Topliss-reactive ketones (excluding diaryl/α,β-unsaturated/α-hetero) is 1. The highest BCUT2D eigenvalue weighted by Crippen LogP contribution is 2.16. The molecule has 1 aliphatic rings. The van der Waals surface area contributed by atoms with Gasteiger partial charge in [0.1, 0.15) is 0 Å². The molecule has 0 atom stereocenters. The van der Waals surface area contributed by atoms with E-state index in [1.807, 2.05) is 26.0 Å². The number of hydrogen-bond donors (Lipinski definition) is 0. The van der Waals surface area contributed by atoms with Crippen LogP contribution in [-0.4, -0.2) is 12.4 Å². The molecule has 12 heavy (non-hydrogen) atoms. The molecule has 0 aromatic carbocycles. The zero-order valence-corrected chi connectivity index (χ0v) is 7.59. The van der Waals surface area contributed by atoms with E-state index < -0.39 is 0 Å². The summed E-state index contributed by atoms with van der Waals surface area (Å²) in [5.74, 6) is 0.586. The maximum Gasteiger partial charge on any atom is 0.222 e. The molecule has 1 heterocycles. The van der Waals surface area contributed by atoms with Crippen molar-refractivity contribution in [1.82, 2.24) is 0 Å². The molecule has 0 saturated carbocycles. The maximum atomic E-state index is 11.5. The van der Waals surface area contributed by atoms with Crippen molar-refractivity contribution in [2.24, 2.45) is 0 Å². The van der Waals surface area contributed by atoms with Gasteiger partial charge in [0.25, 0.3) is 0 Å². The molecule has 2 nitrogen and oxygen atoms in total. The van der Waals surface area contributed by atoms with Crippen LogP contribution in [0.2, 0.25) is 0 Å². The van der Waals surface area contributed by atoms with Crippen molar-refractivity contribution in [1.29, 1.82) is 0 Å². The molecule has 2 heteroatoms. The maximum absolute atomic E-state index is 11.5. The van der Waals surface area contributed by atoms with Crippen LogP contribution >= 0.6 is 0 Å². The number of carbonyl (C=O) groups is 1. The van der Waals surface area contributed by atoms with Crippen LogP contribution in [0, 0.1) is 0 Å². The van der Waals surface area contributed by atoms with Gasteiger partial charge in [-0.25, -0.2) is 0 Å². The van der Waals surface area contributed by atoms with Gasteiger partial charge < -0.3 is 4.74 Å². The molecule has 0 bridgehead atoms.